The number of piperidine rings is 4. The topological polar surface area (TPSA) is 175 Å². The zero-order chi connectivity index (χ0) is 49.9. The van der Waals surface area contributed by atoms with Crippen LogP contribution in [0.1, 0.15) is 125 Å². The first-order chi connectivity index (χ1) is 34.8. The molecule has 4 amide bonds. The van der Waals surface area contributed by atoms with Gasteiger partial charge in [0.2, 0.25) is 11.8 Å². The van der Waals surface area contributed by atoms with Crippen molar-refractivity contribution in [2.45, 2.75) is 141 Å². The lowest BCUT2D eigenvalue weighted by Gasteiger charge is -2.51. The van der Waals surface area contributed by atoms with Gasteiger partial charge >= 0.3 is 12.2 Å². The van der Waals surface area contributed by atoms with Gasteiger partial charge in [0.05, 0.1) is 48.4 Å². The van der Waals surface area contributed by atoms with E-state index in [2.05, 4.69) is 93.4 Å². The van der Waals surface area contributed by atoms with E-state index in [9.17, 15) is 19.2 Å². The van der Waals surface area contributed by atoms with Gasteiger partial charge < -0.3 is 39.9 Å². The lowest BCUT2D eigenvalue weighted by molar-refractivity contribution is -0.149. The number of H-pyrrole nitrogens is 2. The predicted molar refractivity (Wildman–Crippen MR) is 277 cm³/mol. The molecule has 10 aliphatic rings. The molecular weight excluding hydrogens is 905 g/mol. The van der Waals surface area contributed by atoms with Crippen LogP contribution in [0, 0.1) is 23.7 Å². The Hall–Kier alpha value is -6.70. The normalized spacial score (nSPS) is 23.3. The minimum Gasteiger partial charge on any atom is -0.453 e. The van der Waals surface area contributed by atoms with Gasteiger partial charge in [0.25, 0.3) is 0 Å². The molecule has 4 saturated heterocycles. The van der Waals surface area contributed by atoms with Gasteiger partial charge in [0.1, 0.15) is 23.7 Å². The predicted octanol–water partition coefficient (Wildman–Crippen LogP) is 10.3. The van der Waals surface area contributed by atoms with Crippen LogP contribution in [-0.2, 0) is 44.7 Å². The highest BCUT2D eigenvalue weighted by Gasteiger charge is 2.50. The van der Waals surface area contributed by atoms with Crippen molar-refractivity contribution in [2.24, 2.45) is 23.7 Å². The molecular formula is C58H68N8O6. The van der Waals surface area contributed by atoms with Gasteiger partial charge in [-0.05, 0) is 169 Å². The Balaban J connectivity index is 0.851. The molecule has 14 nitrogen and oxygen atoms in total. The molecule has 4 N–H and O–H groups in total. The lowest BCUT2D eigenvalue weighted by atomic mass is 9.73. The van der Waals surface area contributed by atoms with E-state index >= 15 is 0 Å². The van der Waals surface area contributed by atoms with Crippen LogP contribution >= 0.6 is 0 Å². The quantitative estimate of drug-likeness (QED) is 0.105. The van der Waals surface area contributed by atoms with Gasteiger partial charge in [0.15, 0.2) is 0 Å². The largest absolute Gasteiger partial charge is 0.453 e. The van der Waals surface area contributed by atoms with Gasteiger partial charge in [-0.25, -0.2) is 19.6 Å². The number of hydrogen-bond donors (Lipinski definition) is 4. The Morgan fingerprint density at radius 2 is 0.944 bits per heavy atom. The maximum Gasteiger partial charge on any atom is 0.407 e. The highest BCUT2D eigenvalue weighted by Crippen LogP contribution is 2.49. The smallest absolute Gasteiger partial charge is 0.407 e. The van der Waals surface area contributed by atoms with Crippen molar-refractivity contribution in [3.05, 3.63) is 107 Å². The number of carbonyl (C=O) groups is 4. The van der Waals surface area contributed by atoms with E-state index in [4.69, 9.17) is 19.4 Å². The van der Waals surface area contributed by atoms with Crippen LogP contribution in [0.3, 0.4) is 0 Å². The molecule has 4 aromatic carbocycles. The van der Waals surface area contributed by atoms with Crippen molar-refractivity contribution in [1.29, 1.82) is 0 Å². The third-order valence-corrected chi connectivity index (χ3v) is 17.0. The monoisotopic (exact) mass is 973 g/mol. The molecule has 16 rings (SSSR count). The summed E-state index contributed by atoms with van der Waals surface area (Å²) in [5.74, 6) is 1.84. The first-order valence-electron chi connectivity index (χ1n) is 26.4. The number of rotatable bonds is 10. The fourth-order valence-electron chi connectivity index (χ4n) is 13.1. The summed E-state index contributed by atoms with van der Waals surface area (Å²) in [6.45, 7) is 7.83. The molecule has 72 heavy (non-hydrogen) atoms. The molecule has 6 aromatic rings. The van der Waals surface area contributed by atoms with E-state index in [0.29, 0.717) is 0 Å². The number of alkyl carbamates (subject to hydrolysis) is 2. The number of aryl methyl sites for hydroxylation is 4. The molecule has 4 unspecified atom stereocenters. The summed E-state index contributed by atoms with van der Waals surface area (Å²) in [6, 6.07) is 25.5. The summed E-state index contributed by atoms with van der Waals surface area (Å²) >= 11 is 0. The van der Waals surface area contributed by atoms with E-state index in [1.165, 1.54) is 47.6 Å². The fourth-order valence-corrected chi connectivity index (χ4v) is 13.1. The number of amides is 4. The number of fused-ring (bicyclic) bond motifs is 8. The molecule has 4 atom stereocenters. The molecule has 6 fully saturated rings. The van der Waals surface area contributed by atoms with Gasteiger partial charge in [-0.2, -0.15) is 0 Å². The second-order valence-electron chi connectivity index (χ2n) is 21.9. The second-order valence-corrected chi connectivity index (χ2v) is 21.9. The minimum atomic E-state index is -0.691. The molecule has 0 spiro atoms. The molecule has 2 aromatic heterocycles. The van der Waals surface area contributed by atoms with Crippen LogP contribution in [-0.4, -0.2) is 92.1 Å². The number of nitrogens with zero attached hydrogens (tertiary/aromatic N) is 4. The van der Waals surface area contributed by atoms with Gasteiger partial charge in [0, 0.05) is 12.1 Å². The SMILES string of the molecule is COC(=O)NC(C(=O)N1C2CCC(CC2)C1c1nc2ccc(-c3cc4ccc3CCc3ccc(c(-c5ccc6nc(C7C8CCC(CC8)N7C(=O)C(NC(=O)OC)C(C)C)[nH]c6c5)c3)CC4)cc2[nH]1)C(C)C. The number of ether oxygens (including phenoxy) is 2. The number of methoxy groups -OCH3 is 2. The van der Waals surface area contributed by atoms with Crippen molar-refractivity contribution in [3.63, 3.8) is 0 Å². The zero-order valence-corrected chi connectivity index (χ0v) is 42.4. The fraction of sp³-hybridized carbons (Fsp3) is 0.483. The van der Waals surface area contributed by atoms with Gasteiger partial charge in [-0.3, -0.25) is 9.59 Å². The molecule has 2 saturated carbocycles. The Bertz CT molecular complexity index is 2850. The average Bonchev–Trinajstić information content (AvgIpc) is 4.03. The molecule has 4 aliphatic heterocycles. The first-order valence-corrected chi connectivity index (χ1v) is 26.4. The summed E-state index contributed by atoms with van der Waals surface area (Å²) in [4.78, 5) is 75.3. The number of hydrogen-bond acceptors (Lipinski definition) is 8. The van der Waals surface area contributed by atoms with Crippen molar-refractivity contribution < 1.29 is 28.7 Å². The van der Waals surface area contributed by atoms with E-state index in [0.717, 1.165) is 122 Å². The number of imidazole rings is 2. The number of benzene rings is 4. The first kappa shape index (κ1) is 47.6. The number of nitrogens with one attached hydrogen (secondary N) is 4. The third-order valence-electron chi connectivity index (χ3n) is 17.0. The van der Waals surface area contributed by atoms with Crippen molar-refractivity contribution in [2.75, 3.05) is 14.2 Å². The van der Waals surface area contributed by atoms with E-state index in [1.54, 1.807) is 0 Å². The molecule has 6 aliphatic carbocycles. The Morgan fingerprint density at radius 1 is 0.542 bits per heavy atom. The van der Waals surface area contributed by atoms with Gasteiger partial charge in [-0.1, -0.05) is 76.2 Å². The molecule has 14 heteroatoms. The summed E-state index contributed by atoms with van der Waals surface area (Å²) in [5, 5.41) is 5.65. The van der Waals surface area contributed by atoms with Crippen LogP contribution in [0.2, 0.25) is 0 Å². The zero-order valence-electron chi connectivity index (χ0n) is 42.4. The van der Waals surface area contributed by atoms with Crippen LogP contribution in [0.4, 0.5) is 9.59 Å². The highest BCUT2D eigenvalue weighted by atomic mass is 16.5. The van der Waals surface area contributed by atoms with E-state index in [-0.39, 0.29) is 59.7 Å². The Morgan fingerprint density at radius 3 is 1.32 bits per heavy atom. The van der Waals surface area contributed by atoms with Crippen LogP contribution in [0.15, 0.2) is 72.8 Å². The lowest BCUT2D eigenvalue weighted by Crippen LogP contribution is -2.59. The van der Waals surface area contributed by atoms with Crippen LogP contribution in [0.5, 0.6) is 0 Å². The molecule has 6 heterocycles. The average molecular weight is 973 g/mol. The Labute approximate surface area is 421 Å². The summed E-state index contributed by atoms with van der Waals surface area (Å²) in [7, 11) is 2.66. The standard InChI is InChI=1S/C58H68N8O6/c1-31(2)49(63-57(69)71-5)55(67)65-41-21-15-37(16-22-41)51(65)53-59-45-25-19-39(29-47(45)61-53)43-27-33-7-11-35(43)13-9-34-8-12-36(14-10-33)44(28-34)40-20-26-46-48(30-40)62-54(60-46)52-38-17-23-42(24-18-38)66(52)56(68)50(32(3)4)64-58(70)72-6/h7-8,11-12,19-20,25-32,37-38,41-42,49-52H,9-10,13-18,21-24H2,1-6H3,(H,59,61)(H,60,62)(H,63,69)(H,64,70). The molecule has 8 bridgehead atoms. The maximum absolute atomic E-state index is 14.4. The third kappa shape index (κ3) is 8.78. The Kier molecular flexibility index (Phi) is 12.8. The number of carbonyl (C=O) groups excluding carboxylic acids is 4. The second kappa shape index (κ2) is 19.4. The van der Waals surface area contributed by atoms with E-state index in [1.807, 2.05) is 37.5 Å². The van der Waals surface area contributed by atoms with Crippen LogP contribution < -0.4 is 10.6 Å². The van der Waals surface area contributed by atoms with E-state index < -0.39 is 24.3 Å². The summed E-state index contributed by atoms with van der Waals surface area (Å²) in [6.07, 6.45) is 10.3. The highest BCUT2D eigenvalue weighted by molar-refractivity contribution is 5.89. The van der Waals surface area contributed by atoms with Crippen LogP contribution in [0.25, 0.3) is 44.3 Å². The number of aromatic amines is 2. The summed E-state index contributed by atoms with van der Waals surface area (Å²) in [5.41, 5.74) is 13.5. The van der Waals surface area contributed by atoms with Gasteiger partial charge in [-0.15, -0.1) is 0 Å². The minimum absolute atomic E-state index is 0.0719. The maximum atomic E-state index is 14.4. The molecule has 376 valence electrons. The summed E-state index contributed by atoms with van der Waals surface area (Å²) < 4.78 is 9.83. The van der Waals surface area contributed by atoms with Crippen molar-refractivity contribution in [3.8, 4) is 22.3 Å². The van der Waals surface area contributed by atoms with Crippen molar-refractivity contribution in [1.82, 2.24) is 40.4 Å². The number of aromatic nitrogens is 4. The van der Waals surface area contributed by atoms with Crippen molar-refractivity contribution >= 4 is 46.1 Å². The molecule has 0 radical (unpaired) electrons.